The Kier molecular flexibility index (Phi) is 4.26. The van der Waals surface area contributed by atoms with Crippen LogP contribution in [0.2, 0.25) is 0 Å². The van der Waals surface area contributed by atoms with Gasteiger partial charge in [0.1, 0.15) is 0 Å². The van der Waals surface area contributed by atoms with Crippen LogP contribution in [0.3, 0.4) is 0 Å². The average molecular weight is 289 g/mol. The van der Waals surface area contributed by atoms with Crippen LogP contribution in [0.1, 0.15) is 29.7 Å². The van der Waals surface area contributed by atoms with E-state index in [4.69, 9.17) is 0 Å². The third-order valence-corrected chi connectivity index (χ3v) is 5.07. The molecule has 0 saturated heterocycles. The van der Waals surface area contributed by atoms with Gasteiger partial charge in [0.25, 0.3) is 0 Å². The average Bonchev–Trinajstić information content (AvgIpc) is 2.38. The van der Waals surface area contributed by atoms with Crippen molar-refractivity contribution in [3.8, 4) is 0 Å². The second-order valence-electron chi connectivity index (χ2n) is 4.97. The van der Waals surface area contributed by atoms with Crippen molar-refractivity contribution >= 4 is 10.0 Å². The number of aryl methyl sites for hydroxylation is 2. The van der Waals surface area contributed by atoms with Crippen LogP contribution in [0.5, 0.6) is 0 Å². The Labute approximate surface area is 120 Å². The fourth-order valence-corrected chi connectivity index (χ4v) is 3.76. The zero-order valence-corrected chi connectivity index (χ0v) is 12.7. The highest BCUT2D eigenvalue weighted by atomic mass is 32.2. The van der Waals surface area contributed by atoms with Gasteiger partial charge in [-0.25, -0.2) is 13.1 Å². The summed E-state index contributed by atoms with van der Waals surface area (Å²) in [7, 11) is -3.51. The smallest absolute Gasteiger partial charge is 0.207 e. The lowest BCUT2D eigenvalue weighted by molar-refractivity contribution is 0.566. The molecule has 2 aromatic carbocycles. The lowest BCUT2D eigenvalue weighted by atomic mass is 10.0. The molecule has 0 radical (unpaired) electrons. The van der Waals surface area contributed by atoms with Gasteiger partial charge < -0.3 is 0 Å². The largest absolute Gasteiger partial charge is 0.241 e. The van der Waals surface area contributed by atoms with Crippen LogP contribution in [0.25, 0.3) is 0 Å². The van der Waals surface area contributed by atoms with E-state index in [9.17, 15) is 8.42 Å². The molecule has 0 bridgehead atoms. The van der Waals surface area contributed by atoms with Gasteiger partial charge in [0.2, 0.25) is 10.0 Å². The standard InChI is InChI=1S/C16H19NO2S/c1-12-8-4-6-10-15(12)14(3)17-20(18,19)16-11-7-5-9-13(16)2/h4-11,14,17H,1-3H3/t14-/m1/s1. The first-order chi connectivity index (χ1) is 9.42. The van der Waals surface area contributed by atoms with Crippen LogP contribution in [0.4, 0.5) is 0 Å². The van der Waals surface area contributed by atoms with Gasteiger partial charge in [0, 0.05) is 6.04 Å². The summed E-state index contributed by atoms with van der Waals surface area (Å²) < 4.78 is 27.6. The Morgan fingerprint density at radius 2 is 1.45 bits per heavy atom. The van der Waals surface area contributed by atoms with Crippen molar-refractivity contribution in [2.24, 2.45) is 0 Å². The summed E-state index contributed by atoms with van der Waals surface area (Å²) in [6.07, 6.45) is 0. The summed E-state index contributed by atoms with van der Waals surface area (Å²) in [6.45, 7) is 5.64. The first-order valence-corrected chi connectivity index (χ1v) is 8.03. The number of benzene rings is 2. The van der Waals surface area contributed by atoms with Gasteiger partial charge in [0.05, 0.1) is 4.90 Å². The Bertz CT molecular complexity index is 708. The summed E-state index contributed by atoms with van der Waals surface area (Å²) in [5.74, 6) is 0. The minimum atomic E-state index is -3.51. The van der Waals surface area contributed by atoms with Crippen LogP contribution in [0.15, 0.2) is 53.4 Å². The molecule has 1 atom stereocenters. The SMILES string of the molecule is Cc1ccccc1[C@@H](C)NS(=O)(=O)c1ccccc1C. The van der Waals surface area contributed by atoms with Crippen molar-refractivity contribution in [2.75, 3.05) is 0 Å². The number of hydrogen-bond donors (Lipinski definition) is 1. The zero-order chi connectivity index (χ0) is 14.8. The Balaban J connectivity index is 2.30. The summed E-state index contributed by atoms with van der Waals surface area (Å²) >= 11 is 0. The third-order valence-electron chi connectivity index (χ3n) is 3.37. The Hall–Kier alpha value is -1.65. The molecular formula is C16H19NO2S. The first kappa shape index (κ1) is 14.8. The molecule has 0 aliphatic rings. The van der Waals surface area contributed by atoms with Crippen molar-refractivity contribution in [3.05, 3.63) is 65.2 Å². The molecule has 2 aromatic rings. The van der Waals surface area contributed by atoms with Gasteiger partial charge >= 0.3 is 0 Å². The Morgan fingerprint density at radius 3 is 2.05 bits per heavy atom. The predicted molar refractivity (Wildman–Crippen MR) is 81.1 cm³/mol. The molecule has 3 nitrogen and oxygen atoms in total. The minimum absolute atomic E-state index is 0.263. The molecule has 20 heavy (non-hydrogen) atoms. The number of rotatable bonds is 4. The lowest BCUT2D eigenvalue weighted by Crippen LogP contribution is -2.27. The molecule has 0 unspecified atom stereocenters. The van der Waals surface area contributed by atoms with E-state index in [1.165, 1.54) is 0 Å². The van der Waals surface area contributed by atoms with Gasteiger partial charge in [-0.05, 0) is 43.5 Å². The monoisotopic (exact) mass is 289 g/mol. The molecule has 0 aliphatic carbocycles. The molecule has 2 rings (SSSR count). The van der Waals surface area contributed by atoms with E-state index in [-0.39, 0.29) is 6.04 Å². The highest BCUT2D eigenvalue weighted by Gasteiger charge is 2.20. The lowest BCUT2D eigenvalue weighted by Gasteiger charge is -2.17. The van der Waals surface area contributed by atoms with Gasteiger partial charge in [-0.15, -0.1) is 0 Å². The highest BCUT2D eigenvalue weighted by molar-refractivity contribution is 7.89. The summed E-state index contributed by atoms with van der Waals surface area (Å²) in [5, 5.41) is 0. The Morgan fingerprint density at radius 1 is 0.900 bits per heavy atom. The maximum absolute atomic E-state index is 12.4. The second kappa shape index (κ2) is 5.77. The van der Waals surface area contributed by atoms with Crippen molar-refractivity contribution in [1.29, 1.82) is 0 Å². The summed E-state index contributed by atoms with van der Waals surface area (Å²) in [4.78, 5) is 0.334. The van der Waals surface area contributed by atoms with Gasteiger partial charge in [-0.3, -0.25) is 0 Å². The topological polar surface area (TPSA) is 46.2 Å². The van der Waals surface area contributed by atoms with Crippen molar-refractivity contribution < 1.29 is 8.42 Å². The molecule has 0 saturated carbocycles. The normalized spacial score (nSPS) is 13.2. The van der Waals surface area contributed by atoms with E-state index in [0.717, 1.165) is 16.7 Å². The van der Waals surface area contributed by atoms with Crippen LogP contribution in [-0.4, -0.2) is 8.42 Å². The predicted octanol–water partition coefficient (Wildman–Crippen LogP) is 3.34. The maximum atomic E-state index is 12.4. The molecule has 1 N–H and O–H groups in total. The van der Waals surface area contributed by atoms with E-state index < -0.39 is 10.0 Å². The fraction of sp³-hybridized carbons (Fsp3) is 0.250. The van der Waals surface area contributed by atoms with Crippen LogP contribution >= 0.6 is 0 Å². The van der Waals surface area contributed by atoms with E-state index in [1.54, 1.807) is 25.1 Å². The van der Waals surface area contributed by atoms with E-state index in [0.29, 0.717) is 4.90 Å². The molecule has 0 amide bonds. The molecule has 4 heteroatoms. The zero-order valence-electron chi connectivity index (χ0n) is 11.9. The van der Waals surface area contributed by atoms with Crippen LogP contribution < -0.4 is 4.72 Å². The summed E-state index contributed by atoms with van der Waals surface area (Å²) in [6, 6.07) is 14.5. The molecule has 106 valence electrons. The summed E-state index contributed by atoms with van der Waals surface area (Å²) in [5.41, 5.74) is 2.81. The minimum Gasteiger partial charge on any atom is -0.207 e. The number of hydrogen-bond acceptors (Lipinski definition) is 2. The fourth-order valence-electron chi connectivity index (χ4n) is 2.29. The van der Waals surface area contributed by atoms with E-state index in [1.807, 2.05) is 44.2 Å². The number of nitrogens with one attached hydrogen (secondary N) is 1. The van der Waals surface area contributed by atoms with Crippen molar-refractivity contribution in [2.45, 2.75) is 31.7 Å². The first-order valence-electron chi connectivity index (χ1n) is 6.55. The van der Waals surface area contributed by atoms with Crippen LogP contribution in [-0.2, 0) is 10.0 Å². The number of sulfonamides is 1. The maximum Gasteiger partial charge on any atom is 0.241 e. The molecule has 0 fully saturated rings. The van der Waals surface area contributed by atoms with Crippen molar-refractivity contribution in [1.82, 2.24) is 4.72 Å². The van der Waals surface area contributed by atoms with Gasteiger partial charge in [0.15, 0.2) is 0 Å². The van der Waals surface area contributed by atoms with Crippen LogP contribution in [0, 0.1) is 13.8 Å². The second-order valence-corrected chi connectivity index (χ2v) is 6.65. The molecule has 0 aliphatic heterocycles. The van der Waals surface area contributed by atoms with Gasteiger partial charge in [-0.1, -0.05) is 42.5 Å². The van der Waals surface area contributed by atoms with E-state index in [2.05, 4.69) is 4.72 Å². The van der Waals surface area contributed by atoms with Gasteiger partial charge in [-0.2, -0.15) is 0 Å². The van der Waals surface area contributed by atoms with Crippen molar-refractivity contribution in [3.63, 3.8) is 0 Å². The molecule has 0 heterocycles. The highest BCUT2D eigenvalue weighted by Crippen LogP contribution is 2.21. The third kappa shape index (κ3) is 3.08. The molecule has 0 aromatic heterocycles. The van der Waals surface area contributed by atoms with E-state index >= 15 is 0 Å². The molecule has 0 spiro atoms. The molecular weight excluding hydrogens is 270 g/mol. The quantitative estimate of drug-likeness (QED) is 0.938.